The van der Waals surface area contributed by atoms with Crippen LogP contribution in [-0.4, -0.2) is 13.2 Å². The molecule has 4 heteroatoms. The highest BCUT2D eigenvalue weighted by Gasteiger charge is 2.24. The van der Waals surface area contributed by atoms with E-state index in [2.05, 4.69) is 0 Å². The second kappa shape index (κ2) is 5.51. The van der Waals surface area contributed by atoms with Gasteiger partial charge in [-0.1, -0.05) is 24.3 Å². The summed E-state index contributed by atoms with van der Waals surface area (Å²) in [5, 5.41) is 0. The van der Waals surface area contributed by atoms with Crippen LogP contribution in [-0.2, 0) is 6.54 Å². The average Bonchev–Trinajstić information content (AvgIpc) is 2.89. The summed E-state index contributed by atoms with van der Waals surface area (Å²) in [4.78, 5) is 0. The molecule has 104 valence electrons. The maximum absolute atomic E-state index is 13.8. The van der Waals surface area contributed by atoms with Crippen LogP contribution in [0.25, 0.3) is 0 Å². The van der Waals surface area contributed by atoms with Gasteiger partial charge in [0.2, 0.25) is 0 Å². The molecule has 0 aromatic heterocycles. The predicted octanol–water partition coefficient (Wildman–Crippen LogP) is 2.84. The minimum Gasteiger partial charge on any atom is -0.493 e. The van der Waals surface area contributed by atoms with Crippen LogP contribution < -0.4 is 15.2 Å². The molecule has 1 heterocycles. The monoisotopic (exact) mass is 273 g/mol. The second-order valence-corrected chi connectivity index (χ2v) is 4.83. The van der Waals surface area contributed by atoms with Crippen molar-refractivity contribution in [3.63, 3.8) is 0 Å². The lowest BCUT2D eigenvalue weighted by Gasteiger charge is -2.12. The summed E-state index contributed by atoms with van der Waals surface area (Å²) in [6.07, 6.45) is 0. The highest BCUT2D eigenvalue weighted by Crippen LogP contribution is 2.34. The first kappa shape index (κ1) is 12.9. The molecule has 2 aromatic rings. The second-order valence-electron chi connectivity index (χ2n) is 4.83. The van der Waals surface area contributed by atoms with Gasteiger partial charge in [-0.25, -0.2) is 4.39 Å². The lowest BCUT2D eigenvalue weighted by Crippen LogP contribution is -2.12. The van der Waals surface area contributed by atoms with Crippen molar-refractivity contribution < 1.29 is 13.9 Å². The van der Waals surface area contributed by atoms with E-state index in [4.69, 9.17) is 15.2 Å². The molecule has 2 aromatic carbocycles. The fourth-order valence-electron chi connectivity index (χ4n) is 2.35. The van der Waals surface area contributed by atoms with Crippen molar-refractivity contribution in [2.24, 2.45) is 5.73 Å². The minimum atomic E-state index is -0.375. The van der Waals surface area contributed by atoms with Gasteiger partial charge >= 0.3 is 0 Å². The van der Waals surface area contributed by atoms with Crippen molar-refractivity contribution in [1.82, 2.24) is 0 Å². The zero-order chi connectivity index (χ0) is 13.9. The summed E-state index contributed by atoms with van der Waals surface area (Å²) < 4.78 is 25.0. The minimum absolute atomic E-state index is 0.139. The highest BCUT2D eigenvalue weighted by atomic mass is 19.1. The van der Waals surface area contributed by atoms with Gasteiger partial charge in [0.05, 0.1) is 19.1 Å². The molecular weight excluding hydrogens is 257 g/mol. The quantitative estimate of drug-likeness (QED) is 0.931. The molecular formula is C16H16FNO2. The predicted molar refractivity (Wildman–Crippen MR) is 74.5 cm³/mol. The van der Waals surface area contributed by atoms with E-state index in [1.165, 1.54) is 6.07 Å². The number of ether oxygens (including phenoxy) is 2. The average molecular weight is 273 g/mol. The molecule has 1 unspecified atom stereocenters. The van der Waals surface area contributed by atoms with Crippen LogP contribution in [0, 0.1) is 5.82 Å². The van der Waals surface area contributed by atoms with E-state index in [-0.39, 0.29) is 17.5 Å². The van der Waals surface area contributed by atoms with Gasteiger partial charge in [-0.15, -0.1) is 0 Å². The zero-order valence-corrected chi connectivity index (χ0v) is 11.0. The number of benzene rings is 2. The Balaban J connectivity index is 1.69. The number of hydrogen-bond acceptors (Lipinski definition) is 3. The van der Waals surface area contributed by atoms with E-state index in [0.717, 1.165) is 16.9 Å². The van der Waals surface area contributed by atoms with E-state index in [9.17, 15) is 4.39 Å². The van der Waals surface area contributed by atoms with Gasteiger partial charge in [0.25, 0.3) is 0 Å². The topological polar surface area (TPSA) is 44.5 Å². The molecule has 0 aliphatic carbocycles. The number of fused-ring (bicyclic) bond motifs is 1. The molecule has 0 saturated heterocycles. The van der Waals surface area contributed by atoms with Crippen LogP contribution in [0.2, 0.25) is 0 Å². The van der Waals surface area contributed by atoms with E-state index in [1.807, 2.05) is 24.3 Å². The molecule has 0 saturated carbocycles. The largest absolute Gasteiger partial charge is 0.493 e. The molecule has 0 fully saturated rings. The van der Waals surface area contributed by atoms with Crippen LogP contribution in [0.15, 0.2) is 42.5 Å². The summed E-state index contributed by atoms with van der Waals surface area (Å²) in [6, 6.07) is 12.7. The first-order chi connectivity index (χ1) is 9.78. The molecule has 0 amide bonds. The lowest BCUT2D eigenvalue weighted by molar-refractivity contribution is 0.241. The zero-order valence-electron chi connectivity index (χ0n) is 11.0. The number of rotatable bonds is 4. The summed E-state index contributed by atoms with van der Waals surface area (Å²) in [6.45, 7) is 1.29. The summed E-state index contributed by atoms with van der Waals surface area (Å²) >= 11 is 0. The third kappa shape index (κ3) is 2.47. The highest BCUT2D eigenvalue weighted by molar-refractivity contribution is 5.40. The molecule has 1 aliphatic rings. The third-order valence-electron chi connectivity index (χ3n) is 3.47. The van der Waals surface area contributed by atoms with E-state index >= 15 is 0 Å². The fraction of sp³-hybridized carbons (Fsp3) is 0.250. The number of hydrogen-bond donors (Lipinski definition) is 1. The Bertz CT molecular complexity index is 615. The molecule has 0 bridgehead atoms. The fourth-order valence-corrected chi connectivity index (χ4v) is 2.35. The van der Waals surface area contributed by atoms with Crippen molar-refractivity contribution in [3.8, 4) is 11.5 Å². The number of para-hydroxylation sites is 1. The molecule has 20 heavy (non-hydrogen) atoms. The Labute approximate surface area is 117 Å². The summed E-state index contributed by atoms with van der Waals surface area (Å²) in [5.41, 5.74) is 7.34. The standard InChI is InChI=1S/C16H16FNO2/c17-14-7-11(8-18)5-6-16(14)20-10-12-9-19-15-4-2-1-3-13(12)15/h1-7,12H,8-10,18H2. The first-order valence-corrected chi connectivity index (χ1v) is 6.61. The first-order valence-electron chi connectivity index (χ1n) is 6.61. The molecule has 0 spiro atoms. The Morgan fingerprint density at radius 2 is 2.10 bits per heavy atom. The normalized spacial score (nSPS) is 16.6. The molecule has 2 N–H and O–H groups in total. The van der Waals surface area contributed by atoms with Crippen molar-refractivity contribution in [2.45, 2.75) is 12.5 Å². The van der Waals surface area contributed by atoms with Gasteiger partial charge < -0.3 is 15.2 Å². The Morgan fingerprint density at radius 1 is 1.25 bits per heavy atom. The number of halogens is 1. The number of nitrogens with two attached hydrogens (primary N) is 1. The van der Waals surface area contributed by atoms with Crippen LogP contribution in [0.3, 0.4) is 0 Å². The molecule has 3 rings (SSSR count). The van der Waals surface area contributed by atoms with Gasteiger partial charge in [0.1, 0.15) is 5.75 Å². The van der Waals surface area contributed by atoms with Crippen molar-refractivity contribution in [1.29, 1.82) is 0 Å². The van der Waals surface area contributed by atoms with Gasteiger partial charge in [-0.2, -0.15) is 0 Å². The Kier molecular flexibility index (Phi) is 3.56. The SMILES string of the molecule is NCc1ccc(OCC2COc3ccccc32)c(F)c1. The third-order valence-corrected chi connectivity index (χ3v) is 3.47. The molecule has 1 aliphatic heterocycles. The van der Waals surface area contributed by atoms with Gasteiger partial charge in [0.15, 0.2) is 11.6 Å². The Hall–Kier alpha value is -2.07. The molecule has 0 radical (unpaired) electrons. The van der Waals surface area contributed by atoms with E-state index in [1.54, 1.807) is 12.1 Å². The maximum atomic E-state index is 13.8. The van der Waals surface area contributed by atoms with Crippen LogP contribution >= 0.6 is 0 Å². The Morgan fingerprint density at radius 3 is 2.90 bits per heavy atom. The van der Waals surface area contributed by atoms with Crippen molar-refractivity contribution in [3.05, 3.63) is 59.4 Å². The summed E-state index contributed by atoms with van der Waals surface area (Å²) in [7, 11) is 0. The molecule has 1 atom stereocenters. The van der Waals surface area contributed by atoms with Crippen LogP contribution in [0.5, 0.6) is 11.5 Å². The van der Waals surface area contributed by atoms with Gasteiger partial charge in [-0.3, -0.25) is 0 Å². The van der Waals surface area contributed by atoms with Crippen LogP contribution in [0.1, 0.15) is 17.0 Å². The van der Waals surface area contributed by atoms with Gasteiger partial charge in [-0.05, 0) is 23.8 Å². The van der Waals surface area contributed by atoms with Crippen molar-refractivity contribution >= 4 is 0 Å². The summed E-state index contributed by atoms with van der Waals surface area (Å²) in [5.74, 6) is 0.909. The van der Waals surface area contributed by atoms with E-state index < -0.39 is 0 Å². The van der Waals surface area contributed by atoms with Crippen molar-refractivity contribution in [2.75, 3.05) is 13.2 Å². The van der Waals surface area contributed by atoms with E-state index in [0.29, 0.717) is 19.8 Å². The molecule has 3 nitrogen and oxygen atoms in total. The lowest BCUT2D eigenvalue weighted by atomic mass is 10.0. The maximum Gasteiger partial charge on any atom is 0.165 e. The smallest absolute Gasteiger partial charge is 0.165 e. The van der Waals surface area contributed by atoms with Crippen LogP contribution in [0.4, 0.5) is 4.39 Å². The van der Waals surface area contributed by atoms with Gasteiger partial charge in [0, 0.05) is 12.1 Å².